The molecule has 8 heteroatoms. The van der Waals surface area contributed by atoms with E-state index in [0.717, 1.165) is 0 Å². The summed E-state index contributed by atoms with van der Waals surface area (Å²) in [6.45, 7) is 0. The van der Waals surface area contributed by atoms with Crippen molar-refractivity contribution in [3.63, 3.8) is 0 Å². The second kappa shape index (κ2) is 4.70. The van der Waals surface area contributed by atoms with Crippen molar-refractivity contribution in [2.45, 2.75) is 12.5 Å². The van der Waals surface area contributed by atoms with E-state index < -0.39 is 9.84 Å². The monoisotopic (exact) mass is 339 g/mol. The Morgan fingerprint density at radius 1 is 1.59 bits per heavy atom. The van der Waals surface area contributed by atoms with Crippen LogP contribution in [0, 0.1) is 0 Å². The van der Waals surface area contributed by atoms with E-state index in [0.29, 0.717) is 16.7 Å². The number of sulfone groups is 1. The maximum absolute atomic E-state index is 11.4. The van der Waals surface area contributed by atoms with Crippen molar-refractivity contribution in [1.29, 1.82) is 0 Å². The summed E-state index contributed by atoms with van der Waals surface area (Å²) in [4.78, 5) is 9.78. The molecule has 1 atom stereocenters. The van der Waals surface area contributed by atoms with Crippen LogP contribution in [0.2, 0.25) is 5.28 Å². The van der Waals surface area contributed by atoms with Gasteiger partial charge >= 0.3 is 0 Å². The molecular formula is C9H11BrClN3O2S. The van der Waals surface area contributed by atoms with Crippen LogP contribution in [0.15, 0.2) is 10.7 Å². The third kappa shape index (κ3) is 2.89. The van der Waals surface area contributed by atoms with Crippen molar-refractivity contribution >= 4 is 43.2 Å². The van der Waals surface area contributed by atoms with Gasteiger partial charge in [-0.15, -0.1) is 0 Å². The lowest BCUT2D eigenvalue weighted by Crippen LogP contribution is -2.33. The number of rotatable bonds is 2. The average Bonchev–Trinajstić information content (AvgIpc) is 2.61. The summed E-state index contributed by atoms with van der Waals surface area (Å²) < 4.78 is 23.6. The van der Waals surface area contributed by atoms with Gasteiger partial charge in [0.05, 0.1) is 16.0 Å². The maximum Gasteiger partial charge on any atom is 0.224 e. The van der Waals surface area contributed by atoms with Crippen LogP contribution < -0.4 is 4.90 Å². The molecule has 1 aliphatic heterocycles. The first-order valence-electron chi connectivity index (χ1n) is 5.00. The molecular weight excluding hydrogens is 330 g/mol. The van der Waals surface area contributed by atoms with Crippen LogP contribution in [0.1, 0.15) is 6.42 Å². The van der Waals surface area contributed by atoms with E-state index in [1.165, 1.54) is 0 Å². The molecule has 2 rings (SSSR count). The van der Waals surface area contributed by atoms with Gasteiger partial charge in [-0.1, -0.05) is 0 Å². The van der Waals surface area contributed by atoms with Crippen molar-refractivity contribution in [2.24, 2.45) is 0 Å². The highest BCUT2D eigenvalue weighted by Gasteiger charge is 2.32. The molecule has 1 saturated heterocycles. The molecule has 2 heterocycles. The molecule has 0 saturated carbocycles. The van der Waals surface area contributed by atoms with Gasteiger partial charge in [-0.25, -0.2) is 13.4 Å². The number of hydrogen-bond donors (Lipinski definition) is 0. The molecule has 1 aromatic rings. The van der Waals surface area contributed by atoms with Crippen molar-refractivity contribution in [1.82, 2.24) is 9.97 Å². The van der Waals surface area contributed by atoms with Gasteiger partial charge in [0, 0.05) is 19.3 Å². The molecule has 0 amide bonds. The van der Waals surface area contributed by atoms with E-state index >= 15 is 0 Å². The maximum atomic E-state index is 11.4. The summed E-state index contributed by atoms with van der Waals surface area (Å²) in [7, 11) is -1.09. The molecule has 0 spiro atoms. The highest BCUT2D eigenvalue weighted by Crippen LogP contribution is 2.28. The number of nitrogens with zero attached hydrogens (tertiary/aromatic N) is 3. The summed E-state index contributed by atoms with van der Waals surface area (Å²) in [5.74, 6) is 1.02. The van der Waals surface area contributed by atoms with E-state index in [1.807, 2.05) is 11.9 Å². The van der Waals surface area contributed by atoms with Crippen molar-refractivity contribution in [2.75, 3.05) is 23.5 Å². The Bertz CT molecular complexity index is 537. The molecule has 1 aromatic heterocycles. The van der Waals surface area contributed by atoms with E-state index in [2.05, 4.69) is 25.9 Å². The Kier molecular flexibility index (Phi) is 3.61. The summed E-state index contributed by atoms with van der Waals surface area (Å²) in [5.41, 5.74) is 0. The van der Waals surface area contributed by atoms with Crippen LogP contribution >= 0.6 is 27.5 Å². The Balaban J connectivity index is 2.26. The minimum Gasteiger partial charge on any atom is -0.355 e. The second-order valence-electron chi connectivity index (χ2n) is 3.98. The molecule has 5 nitrogen and oxygen atoms in total. The predicted octanol–water partition coefficient (Wildman–Crippen LogP) is 1.52. The zero-order chi connectivity index (χ0) is 12.6. The van der Waals surface area contributed by atoms with Crippen LogP contribution in [0.3, 0.4) is 0 Å². The first-order chi connectivity index (χ1) is 7.89. The van der Waals surface area contributed by atoms with Crippen molar-refractivity contribution < 1.29 is 8.42 Å². The van der Waals surface area contributed by atoms with Crippen LogP contribution in [0.25, 0.3) is 0 Å². The highest BCUT2D eigenvalue weighted by molar-refractivity contribution is 9.10. The highest BCUT2D eigenvalue weighted by atomic mass is 79.9. The predicted molar refractivity (Wildman–Crippen MR) is 70.2 cm³/mol. The number of hydrogen-bond acceptors (Lipinski definition) is 5. The Morgan fingerprint density at radius 3 is 2.88 bits per heavy atom. The molecule has 0 bridgehead atoms. The fourth-order valence-electron chi connectivity index (χ4n) is 1.84. The standard InChI is InChI=1S/C9H11BrClN3O2S/c1-14(6-2-3-17(15,16)5-6)8-7(10)4-12-9(11)13-8/h4,6H,2-3,5H2,1H3. The van der Waals surface area contributed by atoms with Gasteiger partial charge < -0.3 is 4.90 Å². The van der Waals surface area contributed by atoms with Gasteiger partial charge in [0.2, 0.25) is 5.28 Å². The molecule has 0 N–H and O–H groups in total. The van der Waals surface area contributed by atoms with E-state index in [9.17, 15) is 8.42 Å². The molecule has 94 valence electrons. The van der Waals surface area contributed by atoms with Gasteiger partial charge in [0.15, 0.2) is 9.84 Å². The zero-order valence-electron chi connectivity index (χ0n) is 9.10. The summed E-state index contributed by atoms with van der Waals surface area (Å²) in [5, 5.41) is 0.149. The normalized spacial score (nSPS) is 22.6. The van der Waals surface area contributed by atoms with Crippen LogP contribution in [-0.2, 0) is 9.84 Å². The van der Waals surface area contributed by atoms with Crippen LogP contribution in [-0.4, -0.2) is 43.0 Å². The summed E-state index contributed by atoms with van der Waals surface area (Å²) >= 11 is 9.07. The summed E-state index contributed by atoms with van der Waals surface area (Å²) in [6.07, 6.45) is 2.18. The molecule has 17 heavy (non-hydrogen) atoms. The van der Waals surface area contributed by atoms with E-state index in [-0.39, 0.29) is 22.8 Å². The quantitative estimate of drug-likeness (QED) is 0.764. The zero-order valence-corrected chi connectivity index (χ0v) is 12.3. The number of anilines is 1. The number of aromatic nitrogens is 2. The minimum absolute atomic E-state index is 0.0535. The molecule has 1 aliphatic rings. The van der Waals surface area contributed by atoms with Crippen LogP contribution in [0.4, 0.5) is 5.82 Å². The van der Waals surface area contributed by atoms with Gasteiger partial charge in [-0.05, 0) is 34.0 Å². The largest absolute Gasteiger partial charge is 0.355 e. The molecule has 1 unspecified atom stereocenters. The fraction of sp³-hybridized carbons (Fsp3) is 0.556. The SMILES string of the molecule is CN(c1nc(Cl)ncc1Br)C1CCS(=O)(=O)C1. The average molecular weight is 341 g/mol. The Hall–Kier alpha value is -0.400. The fourth-order valence-corrected chi connectivity index (χ4v) is 4.21. The molecule has 0 radical (unpaired) electrons. The van der Waals surface area contributed by atoms with Gasteiger partial charge in [-0.2, -0.15) is 4.98 Å². The lowest BCUT2D eigenvalue weighted by Gasteiger charge is -2.25. The summed E-state index contributed by atoms with van der Waals surface area (Å²) in [6, 6.07) is -0.0535. The van der Waals surface area contributed by atoms with E-state index in [4.69, 9.17) is 11.6 Å². The lowest BCUT2D eigenvalue weighted by molar-refractivity contribution is 0.600. The van der Waals surface area contributed by atoms with E-state index in [1.54, 1.807) is 6.20 Å². The van der Waals surface area contributed by atoms with Crippen molar-refractivity contribution in [3.05, 3.63) is 16.0 Å². The van der Waals surface area contributed by atoms with Gasteiger partial charge in [0.1, 0.15) is 5.82 Å². The lowest BCUT2D eigenvalue weighted by atomic mass is 10.2. The first kappa shape index (κ1) is 13.0. The van der Waals surface area contributed by atoms with Gasteiger partial charge in [0.25, 0.3) is 0 Å². The molecule has 0 aromatic carbocycles. The molecule has 0 aliphatic carbocycles. The minimum atomic E-state index is -2.90. The van der Waals surface area contributed by atoms with Crippen molar-refractivity contribution in [3.8, 4) is 0 Å². The first-order valence-corrected chi connectivity index (χ1v) is 7.99. The third-order valence-electron chi connectivity index (χ3n) is 2.79. The topological polar surface area (TPSA) is 63.2 Å². The smallest absolute Gasteiger partial charge is 0.224 e. The second-order valence-corrected chi connectivity index (χ2v) is 7.40. The van der Waals surface area contributed by atoms with Gasteiger partial charge in [-0.3, -0.25) is 0 Å². The molecule has 1 fully saturated rings. The Morgan fingerprint density at radius 2 is 2.29 bits per heavy atom. The number of halogens is 2. The Labute approximate surface area is 113 Å². The van der Waals surface area contributed by atoms with Crippen LogP contribution in [0.5, 0.6) is 0 Å². The third-order valence-corrected chi connectivity index (χ3v) is 5.28.